The second-order valence-electron chi connectivity index (χ2n) is 7.54. The summed E-state index contributed by atoms with van der Waals surface area (Å²) >= 11 is 0. The van der Waals surface area contributed by atoms with Crippen molar-refractivity contribution in [1.29, 1.82) is 0 Å². The van der Waals surface area contributed by atoms with Gasteiger partial charge < -0.3 is 9.80 Å². The van der Waals surface area contributed by atoms with Gasteiger partial charge >= 0.3 is 0 Å². The highest BCUT2D eigenvalue weighted by molar-refractivity contribution is 5.91. The van der Waals surface area contributed by atoms with E-state index in [0.29, 0.717) is 18.5 Å². The number of amides is 1. The number of benzene rings is 1. The van der Waals surface area contributed by atoms with Crippen LogP contribution in [0.4, 0.5) is 5.69 Å². The lowest BCUT2D eigenvalue weighted by Crippen LogP contribution is -2.52. The molecule has 3 heterocycles. The molecule has 0 aliphatic carbocycles. The van der Waals surface area contributed by atoms with Crippen LogP contribution in [0.2, 0.25) is 0 Å². The highest BCUT2D eigenvalue weighted by atomic mass is 16.2. The van der Waals surface area contributed by atoms with E-state index in [1.54, 1.807) is 0 Å². The molecule has 2 fully saturated rings. The Hall–Kier alpha value is -2.14. The van der Waals surface area contributed by atoms with Crippen molar-refractivity contribution in [1.82, 2.24) is 14.8 Å². The first kappa shape index (κ1) is 17.3. The summed E-state index contributed by atoms with van der Waals surface area (Å²) in [4.78, 5) is 24.0. The Morgan fingerprint density at radius 1 is 1.08 bits per heavy atom. The fourth-order valence-corrected chi connectivity index (χ4v) is 4.25. The van der Waals surface area contributed by atoms with Gasteiger partial charge in [-0.25, -0.2) is 0 Å². The maximum Gasteiger partial charge on any atom is 0.236 e. The van der Waals surface area contributed by atoms with Crippen molar-refractivity contribution >= 4 is 22.5 Å². The van der Waals surface area contributed by atoms with Gasteiger partial charge in [-0.15, -0.1) is 0 Å². The molecule has 4 rings (SSSR count). The molecule has 2 aliphatic rings. The third-order valence-corrected chi connectivity index (χ3v) is 5.82. The van der Waals surface area contributed by atoms with Gasteiger partial charge in [-0.1, -0.05) is 18.2 Å². The van der Waals surface area contributed by atoms with E-state index in [4.69, 9.17) is 0 Å². The smallest absolute Gasteiger partial charge is 0.236 e. The summed E-state index contributed by atoms with van der Waals surface area (Å²) in [6.45, 7) is 7.46. The molecular weight excluding hydrogens is 324 g/mol. The first-order chi connectivity index (χ1) is 12.7. The largest absolute Gasteiger partial charge is 0.368 e. The number of fused-ring (bicyclic) bond motifs is 1. The van der Waals surface area contributed by atoms with E-state index in [1.165, 1.54) is 17.5 Å². The molecule has 5 heteroatoms. The summed E-state index contributed by atoms with van der Waals surface area (Å²) in [5.41, 5.74) is 2.30. The zero-order chi connectivity index (χ0) is 17.9. The summed E-state index contributed by atoms with van der Waals surface area (Å²) in [7, 11) is 0. The summed E-state index contributed by atoms with van der Waals surface area (Å²) in [6.07, 6.45) is 5.45. The predicted molar refractivity (Wildman–Crippen MR) is 105 cm³/mol. The van der Waals surface area contributed by atoms with E-state index >= 15 is 0 Å². The first-order valence-corrected chi connectivity index (χ1v) is 9.83. The van der Waals surface area contributed by atoms with Crippen molar-refractivity contribution in [3.63, 3.8) is 0 Å². The molecule has 5 nitrogen and oxygen atoms in total. The van der Waals surface area contributed by atoms with Gasteiger partial charge in [0.25, 0.3) is 0 Å². The molecule has 0 bridgehead atoms. The maximum absolute atomic E-state index is 12.7. The molecule has 0 spiro atoms. The van der Waals surface area contributed by atoms with Gasteiger partial charge in [0, 0.05) is 56.0 Å². The highest BCUT2D eigenvalue weighted by Gasteiger charge is 2.26. The normalized spacial score (nSPS) is 22.0. The lowest BCUT2D eigenvalue weighted by Gasteiger charge is -2.39. The molecule has 138 valence electrons. The lowest BCUT2D eigenvalue weighted by atomic mass is 10.0. The molecular formula is C21H28N4O. The minimum atomic E-state index is 0.306. The summed E-state index contributed by atoms with van der Waals surface area (Å²) in [6, 6.07) is 10.8. The quantitative estimate of drug-likeness (QED) is 0.852. The van der Waals surface area contributed by atoms with Crippen LogP contribution in [0.5, 0.6) is 0 Å². The van der Waals surface area contributed by atoms with Crippen molar-refractivity contribution in [3.05, 3.63) is 36.5 Å². The Morgan fingerprint density at radius 2 is 1.88 bits per heavy atom. The summed E-state index contributed by atoms with van der Waals surface area (Å²) in [5, 5.41) is 1.21. The lowest BCUT2D eigenvalue weighted by molar-refractivity contribution is -0.135. The second kappa shape index (κ2) is 7.62. The first-order valence-electron chi connectivity index (χ1n) is 9.83. The average Bonchev–Trinajstić information content (AvgIpc) is 2.68. The van der Waals surface area contributed by atoms with Gasteiger partial charge in [0.2, 0.25) is 5.91 Å². The van der Waals surface area contributed by atoms with E-state index in [-0.39, 0.29) is 0 Å². The SMILES string of the molecule is CC1CCCCN1C(=O)CN1CCN(c2ccnc3ccccc23)CC1. The average molecular weight is 352 g/mol. The van der Waals surface area contributed by atoms with Crippen LogP contribution in [0.1, 0.15) is 26.2 Å². The molecule has 0 saturated carbocycles. The molecule has 0 radical (unpaired) electrons. The summed E-state index contributed by atoms with van der Waals surface area (Å²) in [5.74, 6) is 0.306. The van der Waals surface area contributed by atoms with Crippen LogP contribution in [-0.2, 0) is 4.79 Å². The van der Waals surface area contributed by atoms with Gasteiger partial charge in [-0.2, -0.15) is 0 Å². The van der Waals surface area contributed by atoms with Crippen molar-refractivity contribution < 1.29 is 4.79 Å². The van der Waals surface area contributed by atoms with Crippen LogP contribution in [0.3, 0.4) is 0 Å². The number of hydrogen-bond donors (Lipinski definition) is 0. The number of likely N-dealkylation sites (tertiary alicyclic amines) is 1. The number of aromatic nitrogens is 1. The number of rotatable bonds is 3. The molecule has 2 aliphatic heterocycles. The van der Waals surface area contributed by atoms with Gasteiger partial charge in [-0.3, -0.25) is 14.7 Å². The van der Waals surface area contributed by atoms with Crippen molar-refractivity contribution in [2.75, 3.05) is 44.2 Å². The van der Waals surface area contributed by atoms with Crippen LogP contribution in [0.25, 0.3) is 10.9 Å². The van der Waals surface area contributed by atoms with Crippen molar-refractivity contribution in [2.45, 2.75) is 32.2 Å². The Balaban J connectivity index is 1.37. The number of anilines is 1. The van der Waals surface area contributed by atoms with E-state index in [0.717, 1.165) is 51.1 Å². The van der Waals surface area contributed by atoms with Crippen molar-refractivity contribution in [2.24, 2.45) is 0 Å². The Bertz CT molecular complexity index is 764. The Labute approximate surface area is 155 Å². The fraction of sp³-hybridized carbons (Fsp3) is 0.524. The van der Waals surface area contributed by atoms with E-state index in [9.17, 15) is 4.79 Å². The topological polar surface area (TPSA) is 39.7 Å². The number of piperidine rings is 1. The van der Waals surface area contributed by atoms with Crippen molar-refractivity contribution in [3.8, 4) is 0 Å². The van der Waals surface area contributed by atoms with Gasteiger partial charge in [-0.05, 0) is 38.3 Å². The fourth-order valence-electron chi connectivity index (χ4n) is 4.25. The van der Waals surface area contributed by atoms with Gasteiger partial charge in [0.05, 0.1) is 12.1 Å². The number of carbonyl (C=O) groups is 1. The third kappa shape index (κ3) is 3.54. The van der Waals surface area contributed by atoms with Crippen LogP contribution in [0.15, 0.2) is 36.5 Å². The zero-order valence-corrected chi connectivity index (χ0v) is 15.6. The molecule has 2 aromatic rings. The molecule has 0 N–H and O–H groups in total. The number of pyridine rings is 1. The van der Waals surface area contributed by atoms with Crippen LogP contribution in [0, 0.1) is 0 Å². The minimum Gasteiger partial charge on any atom is -0.368 e. The highest BCUT2D eigenvalue weighted by Crippen LogP contribution is 2.26. The van der Waals surface area contributed by atoms with Crippen LogP contribution < -0.4 is 4.90 Å². The molecule has 1 aromatic heterocycles. The standard InChI is InChI=1S/C21H28N4O/c1-17-6-4-5-11-25(17)21(26)16-23-12-14-24(15-13-23)20-9-10-22-19-8-3-2-7-18(19)20/h2-3,7-10,17H,4-6,11-16H2,1H3. The molecule has 1 aromatic carbocycles. The number of piperazine rings is 1. The third-order valence-electron chi connectivity index (χ3n) is 5.82. The molecule has 1 amide bonds. The van der Waals surface area contributed by atoms with E-state index < -0.39 is 0 Å². The van der Waals surface area contributed by atoms with Crippen LogP contribution >= 0.6 is 0 Å². The zero-order valence-electron chi connectivity index (χ0n) is 15.6. The molecule has 1 unspecified atom stereocenters. The Morgan fingerprint density at radius 3 is 2.69 bits per heavy atom. The van der Waals surface area contributed by atoms with Gasteiger partial charge in [0.1, 0.15) is 0 Å². The number of carbonyl (C=O) groups excluding carboxylic acids is 1. The number of para-hydroxylation sites is 1. The Kier molecular flexibility index (Phi) is 5.07. The number of nitrogens with zero attached hydrogens (tertiary/aromatic N) is 4. The van der Waals surface area contributed by atoms with E-state index in [2.05, 4.69) is 50.9 Å². The maximum atomic E-state index is 12.7. The second-order valence-corrected chi connectivity index (χ2v) is 7.54. The number of hydrogen-bond acceptors (Lipinski definition) is 4. The molecule has 2 saturated heterocycles. The minimum absolute atomic E-state index is 0.306. The molecule has 26 heavy (non-hydrogen) atoms. The van der Waals surface area contributed by atoms with Crippen LogP contribution in [-0.4, -0.2) is 66.0 Å². The molecule has 1 atom stereocenters. The summed E-state index contributed by atoms with van der Waals surface area (Å²) < 4.78 is 0. The predicted octanol–water partition coefficient (Wildman–Crippen LogP) is 2.76. The van der Waals surface area contributed by atoms with E-state index in [1.807, 2.05) is 12.3 Å². The van der Waals surface area contributed by atoms with Gasteiger partial charge in [0.15, 0.2) is 0 Å². The monoisotopic (exact) mass is 352 g/mol.